The van der Waals surface area contributed by atoms with Gasteiger partial charge >= 0.3 is 5.69 Å². The Morgan fingerprint density at radius 2 is 1.73 bits per heavy atom. The van der Waals surface area contributed by atoms with Gasteiger partial charge in [0.25, 0.3) is 5.56 Å². The van der Waals surface area contributed by atoms with Gasteiger partial charge in [-0.3, -0.25) is 14.3 Å². The van der Waals surface area contributed by atoms with Crippen molar-refractivity contribution in [3.05, 3.63) is 99.2 Å². The molecule has 2 aromatic heterocycles. The number of nitrogens with zero attached hydrogens (tertiary/aromatic N) is 5. The van der Waals surface area contributed by atoms with Crippen molar-refractivity contribution in [3.63, 3.8) is 0 Å². The average Bonchev–Trinajstić information content (AvgIpc) is 3.83. The standard InChI is InChI=1S/C39H41N6O6P/c1-7-39-21-48-33(35(39)51-52(49-18-17-40-6)34(22(2)3)23(4)5)37(50-39)44-19-28(36(46)41-38(44)47)29-20-45(43-42-29)30-16-14-26-12-11-24-9-8-10-25-13-15-27(30)32(26)31(24)25/h8-16,19-20,22-23,33-35,37H,7,17-18,21H2,1-5H3,(H,41,46,47)/t33?,35-,37-,39+,52?/m1/s1. The van der Waals surface area contributed by atoms with E-state index in [0.717, 1.165) is 32.6 Å². The highest BCUT2D eigenvalue weighted by Gasteiger charge is 2.63. The van der Waals surface area contributed by atoms with Crippen LogP contribution in [0.1, 0.15) is 47.3 Å². The summed E-state index contributed by atoms with van der Waals surface area (Å²) in [7, 11) is -1.44. The van der Waals surface area contributed by atoms with Crippen molar-refractivity contribution in [3.8, 4) is 16.9 Å². The van der Waals surface area contributed by atoms with Crippen molar-refractivity contribution in [2.24, 2.45) is 11.8 Å². The highest BCUT2D eigenvalue weighted by molar-refractivity contribution is 7.48. The van der Waals surface area contributed by atoms with Crippen LogP contribution >= 0.6 is 8.38 Å². The maximum atomic E-state index is 13.5. The molecule has 4 aromatic carbocycles. The molecule has 0 spiro atoms. The Kier molecular flexibility index (Phi) is 8.97. The summed E-state index contributed by atoms with van der Waals surface area (Å²) in [6.45, 7) is 18.7. The maximum Gasteiger partial charge on any atom is 0.330 e. The lowest BCUT2D eigenvalue weighted by Crippen LogP contribution is -2.42. The van der Waals surface area contributed by atoms with E-state index in [2.05, 4.69) is 96.4 Å². The molecule has 12 nitrogen and oxygen atoms in total. The predicted molar refractivity (Wildman–Crippen MR) is 201 cm³/mol. The van der Waals surface area contributed by atoms with Crippen molar-refractivity contribution in [2.75, 3.05) is 19.8 Å². The molecule has 5 atom stereocenters. The molecule has 6 aromatic rings. The Morgan fingerprint density at radius 1 is 1.02 bits per heavy atom. The molecule has 0 aliphatic carbocycles. The van der Waals surface area contributed by atoms with Crippen LogP contribution in [0.25, 0.3) is 54.1 Å². The van der Waals surface area contributed by atoms with Crippen LogP contribution in [0.5, 0.6) is 0 Å². The molecule has 2 saturated heterocycles. The fourth-order valence-corrected chi connectivity index (χ4v) is 10.3. The molecule has 268 valence electrons. The van der Waals surface area contributed by atoms with Gasteiger partial charge in [-0.05, 0) is 51.3 Å². The van der Waals surface area contributed by atoms with Crippen LogP contribution in [0.4, 0.5) is 0 Å². The van der Waals surface area contributed by atoms with Crippen LogP contribution < -0.4 is 11.2 Å². The monoisotopic (exact) mass is 720 g/mol. The molecule has 52 heavy (non-hydrogen) atoms. The zero-order valence-electron chi connectivity index (χ0n) is 29.8. The number of aromatic amines is 1. The highest BCUT2D eigenvalue weighted by Crippen LogP contribution is 2.57. The fraction of sp³-hybridized carbons (Fsp3) is 0.410. The van der Waals surface area contributed by atoms with E-state index < -0.39 is 43.7 Å². The first kappa shape index (κ1) is 34.6. The first-order chi connectivity index (χ1) is 25.1. The normalized spacial score (nSPS) is 22.2. The van der Waals surface area contributed by atoms with Crippen LogP contribution in [-0.2, 0) is 18.5 Å². The van der Waals surface area contributed by atoms with Crippen molar-refractivity contribution in [1.29, 1.82) is 0 Å². The van der Waals surface area contributed by atoms with E-state index in [1.54, 1.807) is 10.9 Å². The lowest BCUT2D eigenvalue weighted by Gasteiger charge is -2.35. The zero-order valence-corrected chi connectivity index (χ0v) is 30.7. The second-order valence-corrected chi connectivity index (χ2v) is 16.0. The van der Waals surface area contributed by atoms with E-state index in [1.807, 2.05) is 13.0 Å². The van der Waals surface area contributed by atoms with Crippen LogP contribution in [0.15, 0.2) is 76.6 Å². The average molecular weight is 721 g/mol. The summed E-state index contributed by atoms with van der Waals surface area (Å²) in [4.78, 5) is 32.7. The van der Waals surface area contributed by atoms with Gasteiger partial charge in [-0.25, -0.2) is 16.0 Å². The van der Waals surface area contributed by atoms with Crippen molar-refractivity contribution < 1.29 is 18.5 Å². The third-order valence-corrected chi connectivity index (χ3v) is 13.1. The first-order valence-electron chi connectivity index (χ1n) is 17.8. The molecule has 0 saturated carbocycles. The topological polar surface area (TPSA) is 127 Å². The van der Waals surface area contributed by atoms with E-state index in [9.17, 15) is 9.59 Å². The van der Waals surface area contributed by atoms with E-state index in [-0.39, 0.29) is 36.2 Å². The second kappa shape index (κ2) is 13.5. The number of benzene rings is 4. The van der Waals surface area contributed by atoms with E-state index in [1.165, 1.54) is 16.2 Å². The molecule has 2 bridgehead atoms. The molecule has 0 amide bonds. The number of fused-ring (bicyclic) bond motifs is 2. The van der Waals surface area contributed by atoms with E-state index in [0.29, 0.717) is 18.7 Å². The maximum absolute atomic E-state index is 13.5. The molecule has 0 radical (unpaired) electrons. The van der Waals surface area contributed by atoms with Crippen LogP contribution in [0.3, 0.4) is 0 Å². The Labute approximate surface area is 301 Å². The lowest BCUT2D eigenvalue weighted by atomic mass is 9.93. The van der Waals surface area contributed by atoms with Crippen molar-refractivity contribution in [2.45, 2.75) is 70.7 Å². The zero-order chi connectivity index (χ0) is 36.3. The fourth-order valence-electron chi connectivity index (χ4n) is 8.12. The summed E-state index contributed by atoms with van der Waals surface area (Å²) in [5.74, 6) is 0.542. The Hall–Kier alpha value is -4.50. The van der Waals surface area contributed by atoms with E-state index >= 15 is 0 Å². The quantitative estimate of drug-likeness (QED) is 0.0616. The summed E-state index contributed by atoms with van der Waals surface area (Å²) < 4.78 is 29.2. The Bertz CT molecular complexity index is 2410. The number of hydrogen-bond donors (Lipinski definition) is 1. The molecule has 2 fully saturated rings. The van der Waals surface area contributed by atoms with E-state index in [4.69, 9.17) is 25.1 Å². The molecule has 4 heterocycles. The van der Waals surface area contributed by atoms with Gasteiger partial charge < -0.3 is 23.4 Å². The van der Waals surface area contributed by atoms with Gasteiger partial charge in [0.2, 0.25) is 6.54 Å². The summed E-state index contributed by atoms with van der Waals surface area (Å²) in [5.41, 5.74) is -0.646. The second-order valence-electron chi connectivity index (χ2n) is 14.4. The Balaban J connectivity index is 1.14. The summed E-state index contributed by atoms with van der Waals surface area (Å²) >= 11 is 0. The molecule has 13 heteroatoms. The number of nitrogens with one attached hydrogen (secondary N) is 1. The van der Waals surface area contributed by atoms with Crippen molar-refractivity contribution >= 4 is 40.7 Å². The SMILES string of the molecule is [C-]#[N+]CCOP(O[C@@H]1C2OC[C@]1(CC)O[C@H]2n1cc(-c2cn(-c3ccc4ccc5cccc6ccc3c4c56)nn2)c(=O)[nH]c1=O)C(C(C)C)C(C)C. The minimum Gasteiger partial charge on any atom is -0.368 e. The molecular formula is C39H41N6O6P. The molecular weight excluding hydrogens is 679 g/mol. The number of ether oxygens (including phenoxy) is 2. The predicted octanol–water partition coefficient (Wildman–Crippen LogP) is 7.07. The highest BCUT2D eigenvalue weighted by atomic mass is 31.2. The van der Waals surface area contributed by atoms with Gasteiger partial charge in [0.15, 0.2) is 14.6 Å². The number of rotatable bonds is 12. The molecule has 2 unspecified atom stereocenters. The van der Waals surface area contributed by atoms with Crippen LogP contribution in [0, 0.1) is 18.4 Å². The smallest absolute Gasteiger partial charge is 0.330 e. The number of H-pyrrole nitrogens is 1. The molecule has 2 aliphatic rings. The van der Waals surface area contributed by atoms with Gasteiger partial charge in [-0.1, -0.05) is 88.4 Å². The third-order valence-electron chi connectivity index (χ3n) is 10.6. The van der Waals surface area contributed by atoms with Crippen molar-refractivity contribution in [1.82, 2.24) is 24.5 Å². The molecule has 8 rings (SSSR count). The summed E-state index contributed by atoms with van der Waals surface area (Å²) in [6, 6.07) is 18.8. The molecule has 2 aliphatic heterocycles. The third kappa shape index (κ3) is 5.63. The lowest BCUT2D eigenvalue weighted by molar-refractivity contribution is -0.175. The van der Waals surface area contributed by atoms with Gasteiger partial charge in [-0.2, -0.15) is 0 Å². The summed E-state index contributed by atoms with van der Waals surface area (Å²) in [6.07, 6.45) is 1.72. The minimum atomic E-state index is -1.44. The largest absolute Gasteiger partial charge is 0.368 e. The molecule has 1 N–H and O–H groups in total. The van der Waals surface area contributed by atoms with Crippen LogP contribution in [0.2, 0.25) is 0 Å². The van der Waals surface area contributed by atoms with Crippen LogP contribution in [-0.4, -0.2) is 67.8 Å². The number of aromatic nitrogens is 5. The number of hydrogen-bond acceptors (Lipinski definition) is 8. The van der Waals surface area contributed by atoms with Gasteiger partial charge in [0.1, 0.15) is 30.1 Å². The van der Waals surface area contributed by atoms with Gasteiger partial charge in [0.05, 0.1) is 24.1 Å². The van der Waals surface area contributed by atoms with Gasteiger partial charge in [0, 0.05) is 17.2 Å². The minimum absolute atomic E-state index is 0.103. The summed E-state index contributed by atoms with van der Waals surface area (Å²) in [5, 5.41) is 15.6. The first-order valence-corrected chi connectivity index (χ1v) is 19.1. The van der Waals surface area contributed by atoms with Gasteiger partial charge in [-0.15, -0.1) is 5.10 Å². The Morgan fingerprint density at radius 3 is 2.44 bits per heavy atom.